The summed E-state index contributed by atoms with van der Waals surface area (Å²) in [6.07, 6.45) is 0.831. The molecule has 3 aromatic rings. The molecule has 3 heterocycles. The van der Waals surface area contributed by atoms with Gasteiger partial charge in [0.25, 0.3) is 0 Å². The number of rotatable bonds is 6. The van der Waals surface area contributed by atoms with Crippen molar-refractivity contribution in [2.75, 3.05) is 0 Å². The minimum Gasteiger partial charge on any atom is -0.467 e. The van der Waals surface area contributed by atoms with Gasteiger partial charge >= 0.3 is 11.8 Å². The van der Waals surface area contributed by atoms with Gasteiger partial charge in [0, 0.05) is 9.75 Å². The van der Waals surface area contributed by atoms with E-state index in [4.69, 9.17) is 4.42 Å². The number of furan rings is 1. The molecule has 0 bridgehead atoms. The summed E-state index contributed by atoms with van der Waals surface area (Å²) in [6.45, 7) is 0.392. The van der Waals surface area contributed by atoms with E-state index in [0.29, 0.717) is 5.76 Å². The summed E-state index contributed by atoms with van der Waals surface area (Å²) < 4.78 is 5.08. The number of amides is 2. The van der Waals surface area contributed by atoms with Gasteiger partial charge in [-0.25, -0.2) is 0 Å². The number of aliphatic hydroxyl groups excluding tert-OH is 1. The Bertz CT molecular complexity index is 825. The minimum atomic E-state index is -0.716. The molecule has 8 heteroatoms. The van der Waals surface area contributed by atoms with Crippen molar-refractivity contribution >= 4 is 34.5 Å². The van der Waals surface area contributed by atoms with Gasteiger partial charge in [0.05, 0.1) is 19.4 Å². The van der Waals surface area contributed by atoms with E-state index in [1.807, 2.05) is 29.0 Å². The van der Waals surface area contributed by atoms with Crippen LogP contribution < -0.4 is 10.6 Å². The Morgan fingerprint density at radius 1 is 1.12 bits per heavy atom. The molecule has 0 spiro atoms. The molecule has 3 aromatic heterocycles. The Balaban J connectivity index is 1.48. The highest BCUT2D eigenvalue weighted by Gasteiger charge is 2.16. The minimum absolute atomic E-state index is 0.162. The third-order valence-corrected chi connectivity index (χ3v) is 5.28. The topological polar surface area (TPSA) is 91.6 Å². The van der Waals surface area contributed by atoms with Crippen LogP contribution in [0.3, 0.4) is 0 Å². The summed E-state index contributed by atoms with van der Waals surface area (Å²) in [5.41, 5.74) is 0.847. The fraction of sp³-hybridized carbons (Fsp3) is 0.176. The first-order chi connectivity index (χ1) is 12.1. The summed E-state index contributed by atoms with van der Waals surface area (Å²) in [7, 11) is 0. The fourth-order valence-corrected chi connectivity index (χ4v) is 3.79. The van der Waals surface area contributed by atoms with E-state index in [2.05, 4.69) is 10.6 Å². The Morgan fingerprint density at radius 3 is 2.60 bits per heavy atom. The molecule has 1 atom stereocenters. The van der Waals surface area contributed by atoms with Gasteiger partial charge in [-0.1, -0.05) is 0 Å². The molecule has 0 unspecified atom stereocenters. The first-order valence-corrected chi connectivity index (χ1v) is 9.26. The molecular formula is C17H16N2O4S2. The van der Waals surface area contributed by atoms with Crippen LogP contribution in [0, 0.1) is 0 Å². The summed E-state index contributed by atoms with van der Waals surface area (Å²) in [4.78, 5) is 25.2. The molecule has 0 aromatic carbocycles. The van der Waals surface area contributed by atoms with E-state index in [1.165, 1.54) is 28.9 Å². The third kappa shape index (κ3) is 4.56. The van der Waals surface area contributed by atoms with Gasteiger partial charge in [-0.05, 0) is 46.7 Å². The van der Waals surface area contributed by atoms with Crippen LogP contribution in [-0.2, 0) is 22.7 Å². The quantitative estimate of drug-likeness (QED) is 0.576. The van der Waals surface area contributed by atoms with Gasteiger partial charge in [0.1, 0.15) is 11.9 Å². The molecule has 0 saturated carbocycles. The summed E-state index contributed by atoms with van der Waals surface area (Å²) in [5, 5.41) is 19.1. The van der Waals surface area contributed by atoms with E-state index in [1.54, 1.807) is 12.1 Å². The van der Waals surface area contributed by atoms with Crippen LogP contribution in [0.15, 0.2) is 51.8 Å². The lowest BCUT2D eigenvalue weighted by Crippen LogP contribution is -2.39. The number of thiophene rings is 2. The second kappa shape index (κ2) is 8.11. The van der Waals surface area contributed by atoms with Crippen LogP contribution in [0.5, 0.6) is 0 Å². The molecule has 3 N–H and O–H groups in total. The van der Waals surface area contributed by atoms with Crippen molar-refractivity contribution in [2.45, 2.75) is 19.2 Å². The summed E-state index contributed by atoms with van der Waals surface area (Å²) >= 11 is 2.92. The van der Waals surface area contributed by atoms with E-state index in [0.717, 1.165) is 15.3 Å². The zero-order valence-electron chi connectivity index (χ0n) is 13.1. The predicted molar refractivity (Wildman–Crippen MR) is 95.1 cm³/mol. The highest BCUT2D eigenvalue weighted by molar-refractivity contribution is 7.12. The van der Waals surface area contributed by atoms with Crippen molar-refractivity contribution in [3.05, 3.63) is 68.4 Å². The van der Waals surface area contributed by atoms with Gasteiger partial charge in [0.2, 0.25) is 0 Å². The van der Waals surface area contributed by atoms with Crippen molar-refractivity contribution < 1.29 is 19.1 Å². The molecule has 0 aliphatic carbocycles. The first-order valence-electron chi connectivity index (χ1n) is 7.50. The van der Waals surface area contributed by atoms with E-state index < -0.39 is 17.9 Å². The lowest BCUT2D eigenvalue weighted by Gasteiger charge is -2.06. The van der Waals surface area contributed by atoms with Gasteiger partial charge in [-0.2, -0.15) is 11.3 Å². The van der Waals surface area contributed by atoms with E-state index in [9.17, 15) is 14.7 Å². The maximum atomic E-state index is 11.8. The molecular weight excluding hydrogens is 360 g/mol. The zero-order chi connectivity index (χ0) is 17.6. The number of nitrogens with one attached hydrogen (secondary N) is 2. The molecule has 3 rings (SSSR count). The third-order valence-electron chi connectivity index (χ3n) is 3.44. The van der Waals surface area contributed by atoms with Crippen molar-refractivity contribution in [1.82, 2.24) is 10.6 Å². The lowest BCUT2D eigenvalue weighted by molar-refractivity contribution is -0.139. The highest BCUT2D eigenvalue weighted by Crippen LogP contribution is 2.29. The van der Waals surface area contributed by atoms with Gasteiger partial charge in [-0.15, -0.1) is 11.3 Å². The SMILES string of the molecule is O=C(NCc1ccco1)C(=O)NCc1ccc([C@H](O)c2ccsc2)s1. The van der Waals surface area contributed by atoms with Crippen LogP contribution in [0.25, 0.3) is 0 Å². The lowest BCUT2D eigenvalue weighted by atomic mass is 10.2. The summed E-state index contributed by atoms with van der Waals surface area (Å²) in [6, 6.07) is 8.95. The molecule has 0 fully saturated rings. The molecule has 0 aliphatic heterocycles. The second-order valence-corrected chi connectivity index (χ2v) is 7.19. The molecule has 2 amide bonds. The smallest absolute Gasteiger partial charge is 0.309 e. The Hall–Kier alpha value is -2.42. The standard InChI is InChI=1S/C17H16N2O4S2/c20-15(11-5-7-24-10-11)14-4-3-13(25-14)9-19-17(22)16(21)18-8-12-2-1-6-23-12/h1-7,10,15,20H,8-9H2,(H,18,21)(H,19,22)/t15-/m1/s1. The fourth-order valence-electron chi connectivity index (χ4n) is 2.14. The number of hydrogen-bond donors (Lipinski definition) is 3. The maximum Gasteiger partial charge on any atom is 0.309 e. The molecule has 0 saturated heterocycles. The van der Waals surface area contributed by atoms with Crippen molar-refractivity contribution in [2.24, 2.45) is 0 Å². The molecule has 6 nitrogen and oxygen atoms in total. The normalized spacial score (nSPS) is 11.9. The van der Waals surface area contributed by atoms with Crippen LogP contribution in [0.2, 0.25) is 0 Å². The molecule has 130 valence electrons. The second-order valence-electron chi connectivity index (χ2n) is 5.21. The zero-order valence-corrected chi connectivity index (χ0v) is 14.7. The van der Waals surface area contributed by atoms with E-state index in [-0.39, 0.29) is 13.1 Å². The average molecular weight is 376 g/mol. The first kappa shape index (κ1) is 17.4. The molecule has 25 heavy (non-hydrogen) atoms. The largest absolute Gasteiger partial charge is 0.467 e. The Kier molecular flexibility index (Phi) is 5.64. The average Bonchev–Trinajstić information content (AvgIpc) is 3.39. The van der Waals surface area contributed by atoms with Gasteiger partial charge in [-0.3, -0.25) is 9.59 Å². The highest BCUT2D eigenvalue weighted by atomic mass is 32.1. The maximum absolute atomic E-state index is 11.8. The van der Waals surface area contributed by atoms with Crippen molar-refractivity contribution in [3.63, 3.8) is 0 Å². The van der Waals surface area contributed by atoms with Crippen LogP contribution in [0.4, 0.5) is 0 Å². The number of carbonyl (C=O) groups excluding carboxylic acids is 2. The van der Waals surface area contributed by atoms with Crippen molar-refractivity contribution in [3.8, 4) is 0 Å². The number of aliphatic hydroxyl groups is 1. The van der Waals surface area contributed by atoms with Crippen LogP contribution in [0.1, 0.15) is 27.2 Å². The Morgan fingerprint density at radius 2 is 1.92 bits per heavy atom. The van der Waals surface area contributed by atoms with E-state index >= 15 is 0 Å². The van der Waals surface area contributed by atoms with Crippen LogP contribution >= 0.6 is 22.7 Å². The number of carbonyl (C=O) groups is 2. The Labute approximate surface area is 152 Å². The van der Waals surface area contributed by atoms with Crippen molar-refractivity contribution in [1.29, 1.82) is 0 Å². The number of hydrogen-bond acceptors (Lipinski definition) is 6. The molecule has 0 radical (unpaired) electrons. The summed E-state index contributed by atoms with van der Waals surface area (Å²) in [5.74, 6) is -0.849. The monoisotopic (exact) mass is 376 g/mol. The van der Waals surface area contributed by atoms with Crippen LogP contribution in [-0.4, -0.2) is 16.9 Å². The molecule has 0 aliphatic rings. The van der Waals surface area contributed by atoms with Gasteiger partial charge in [0.15, 0.2) is 0 Å². The predicted octanol–water partition coefficient (Wildman–Crippen LogP) is 2.42. The van der Waals surface area contributed by atoms with Gasteiger partial charge < -0.3 is 20.2 Å².